The minimum atomic E-state index is -5.08. The number of fused-ring (bicyclic) bond motifs is 1. The third-order valence-corrected chi connectivity index (χ3v) is 5.77. The Kier molecular flexibility index (Phi) is 7.86. The van der Waals surface area contributed by atoms with Crippen molar-refractivity contribution in [1.29, 1.82) is 0 Å². The fourth-order valence-corrected chi connectivity index (χ4v) is 3.85. The number of carbonyl (C=O) groups is 1. The molecule has 0 aliphatic carbocycles. The topological polar surface area (TPSA) is 88.8 Å². The molecule has 0 aliphatic heterocycles. The summed E-state index contributed by atoms with van der Waals surface area (Å²) in [6, 6.07) is 11.8. The molecular formula is C20H20F4N2O5S. The molecule has 1 N–H and O–H groups in total. The number of hydrogen-bond acceptors (Lipinski definition) is 5. The molecule has 0 atom stereocenters. The quantitative estimate of drug-likeness (QED) is 0.547. The molecular weight excluding hydrogens is 456 g/mol. The lowest BCUT2D eigenvalue weighted by Gasteiger charge is -2.12. The molecule has 12 heteroatoms. The number of rotatable bonds is 6. The first-order chi connectivity index (χ1) is 14.8. The van der Waals surface area contributed by atoms with Gasteiger partial charge in [0, 0.05) is 18.1 Å². The molecule has 0 spiro atoms. The first kappa shape index (κ1) is 25.1. The summed E-state index contributed by atoms with van der Waals surface area (Å²) in [6.07, 6.45) is -3.60. The zero-order chi connectivity index (χ0) is 24.1. The van der Waals surface area contributed by atoms with E-state index in [0.29, 0.717) is 23.3 Å². The lowest BCUT2D eigenvalue weighted by Crippen LogP contribution is -2.21. The third-order valence-electron chi connectivity index (χ3n) is 4.07. The van der Waals surface area contributed by atoms with E-state index in [0.717, 1.165) is 18.7 Å². The van der Waals surface area contributed by atoms with Crippen LogP contribution in [0.3, 0.4) is 0 Å². The van der Waals surface area contributed by atoms with Crippen LogP contribution in [0.5, 0.6) is 5.75 Å². The lowest BCUT2D eigenvalue weighted by atomic mass is 10.2. The van der Waals surface area contributed by atoms with Crippen molar-refractivity contribution in [3.63, 3.8) is 0 Å². The predicted octanol–water partition coefficient (Wildman–Crippen LogP) is 3.59. The van der Waals surface area contributed by atoms with Gasteiger partial charge in [-0.2, -0.15) is 13.2 Å². The SMILES string of the molecule is CN(C)CCOc1cccc2c1ccn2S(=O)(=O)c1ccc(F)cc1.O=C(O)C(F)(F)F. The number of nitrogens with zero attached hydrogens (tertiary/aromatic N) is 2. The maximum absolute atomic E-state index is 13.1. The molecule has 3 rings (SSSR count). The smallest absolute Gasteiger partial charge is 0.490 e. The molecule has 0 radical (unpaired) electrons. The summed E-state index contributed by atoms with van der Waals surface area (Å²) in [6.45, 7) is 1.26. The Morgan fingerprint density at radius 1 is 1.09 bits per heavy atom. The van der Waals surface area contributed by atoms with Crippen LogP contribution in [-0.2, 0) is 14.8 Å². The van der Waals surface area contributed by atoms with E-state index in [-0.39, 0.29) is 4.90 Å². The number of aromatic nitrogens is 1. The molecule has 7 nitrogen and oxygen atoms in total. The first-order valence-corrected chi connectivity index (χ1v) is 10.5. The van der Waals surface area contributed by atoms with E-state index in [4.69, 9.17) is 14.6 Å². The molecule has 0 bridgehead atoms. The minimum absolute atomic E-state index is 0.0327. The summed E-state index contributed by atoms with van der Waals surface area (Å²) in [7, 11) is 0.105. The fourth-order valence-electron chi connectivity index (χ4n) is 2.51. The van der Waals surface area contributed by atoms with Crippen molar-refractivity contribution in [3.05, 3.63) is 60.5 Å². The molecule has 0 fully saturated rings. The molecule has 0 unspecified atom stereocenters. The standard InChI is InChI=1S/C18H19FN2O3S.C2HF3O2/c1-20(2)12-13-24-18-5-3-4-17-16(18)10-11-21(17)25(22,23)15-8-6-14(19)7-9-15;3-2(4,5)1(6)7/h3-11H,12-13H2,1-2H3;(H,6,7). The van der Waals surface area contributed by atoms with Gasteiger partial charge in [0.2, 0.25) is 0 Å². The van der Waals surface area contributed by atoms with Crippen molar-refractivity contribution in [2.75, 3.05) is 27.2 Å². The number of carboxylic acids is 1. The van der Waals surface area contributed by atoms with Crippen molar-refractivity contribution < 1.29 is 40.6 Å². The van der Waals surface area contributed by atoms with Crippen LogP contribution in [0.25, 0.3) is 10.9 Å². The monoisotopic (exact) mass is 476 g/mol. The molecule has 3 aromatic rings. The Bertz CT molecular complexity index is 1170. The maximum Gasteiger partial charge on any atom is 0.490 e. The summed E-state index contributed by atoms with van der Waals surface area (Å²) in [4.78, 5) is 10.9. The molecule has 1 aromatic heterocycles. The van der Waals surface area contributed by atoms with Crippen LogP contribution >= 0.6 is 0 Å². The largest absolute Gasteiger partial charge is 0.492 e. The maximum atomic E-state index is 13.1. The fraction of sp³-hybridized carbons (Fsp3) is 0.250. The van der Waals surface area contributed by atoms with Gasteiger partial charge < -0.3 is 14.7 Å². The van der Waals surface area contributed by atoms with E-state index >= 15 is 0 Å². The Morgan fingerprint density at radius 2 is 1.69 bits per heavy atom. The van der Waals surface area contributed by atoms with Gasteiger partial charge in [-0.05, 0) is 56.6 Å². The average Bonchev–Trinajstić information content (AvgIpc) is 3.14. The highest BCUT2D eigenvalue weighted by molar-refractivity contribution is 7.90. The molecule has 174 valence electrons. The lowest BCUT2D eigenvalue weighted by molar-refractivity contribution is -0.192. The first-order valence-electron chi connectivity index (χ1n) is 9.03. The Hall–Kier alpha value is -3.12. The zero-order valence-electron chi connectivity index (χ0n) is 17.0. The van der Waals surface area contributed by atoms with E-state index in [9.17, 15) is 26.0 Å². The third kappa shape index (κ3) is 6.20. The molecule has 32 heavy (non-hydrogen) atoms. The van der Waals surface area contributed by atoms with E-state index in [2.05, 4.69) is 0 Å². The number of likely N-dealkylation sites (N-methyl/N-ethyl adjacent to an activating group) is 1. The predicted molar refractivity (Wildman–Crippen MR) is 109 cm³/mol. The molecule has 0 aliphatic rings. The number of carboxylic acid groups (broad SMARTS) is 1. The number of benzene rings is 2. The minimum Gasteiger partial charge on any atom is -0.492 e. The van der Waals surface area contributed by atoms with Gasteiger partial charge in [-0.25, -0.2) is 21.6 Å². The molecule has 0 saturated carbocycles. The zero-order valence-corrected chi connectivity index (χ0v) is 17.8. The van der Waals surface area contributed by atoms with Gasteiger partial charge in [-0.15, -0.1) is 0 Å². The normalized spacial score (nSPS) is 11.8. The van der Waals surface area contributed by atoms with Crippen molar-refractivity contribution in [2.45, 2.75) is 11.1 Å². The number of aliphatic carboxylic acids is 1. The molecule has 0 saturated heterocycles. The van der Waals surface area contributed by atoms with E-state index in [1.807, 2.05) is 25.1 Å². The van der Waals surface area contributed by atoms with Gasteiger partial charge in [0.15, 0.2) is 0 Å². The van der Waals surface area contributed by atoms with Gasteiger partial charge in [0.05, 0.1) is 10.4 Å². The van der Waals surface area contributed by atoms with E-state index < -0.39 is 28.0 Å². The second kappa shape index (κ2) is 10.0. The summed E-state index contributed by atoms with van der Waals surface area (Å²) < 4.78 is 77.4. The number of halogens is 4. The van der Waals surface area contributed by atoms with Crippen molar-refractivity contribution in [2.24, 2.45) is 0 Å². The second-order valence-electron chi connectivity index (χ2n) is 6.71. The Morgan fingerprint density at radius 3 is 2.22 bits per heavy atom. The van der Waals surface area contributed by atoms with Crippen LogP contribution in [0.2, 0.25) is 0 Å². The summed E-state index contributed by atoms with van der Waals surface area (Å²) in [5, 5.41) is 7.84. The van der Waals surface area contributed by atoms with E-state index in [1.54, 1.807) is 18.2 Å². The molecule has 2 aromatic carbocycles. The Balaban J connectivity index is 0.000000451. The summed E-state index contributed by atoms with van der Waals surface area (Å²) in [5.74, 6) is -2.60. The van der Waals surface area contributed by atoms with Gasteiger partial charge in [-0.3, -0.25) is 0 Å². The summed E-state index contributed by atoms with van der Waals surface area (Å²) in [5.41, 5.74) is 0.520. The van der Waals surface area contributed by atoms with Crippen LogP contribution in [0.1, 0.15) is 0 Å². The van der Waals surface area contributed by atoms with Gasteiger partial charge in [0.25, 0.3) is 10.0 Å². The van der Waals surface area contributed by atoms with Gasteiger partial charge in [0.1, 0.15) is 18.2 Å². The van der Waals surface area contributed by atoms with Gasteiger partial charge in [-0.1, -0.05) is 6.07 Å². The number of hydrogen-bond donors (Lipinski definition) is 1. The molecule has 0 amide bonds. The van der Waals surface area contributed by atoms with Gasteiger partial charge >= 0.3 is 12.1 Å². The highest BCUT2D eigenvalue weighted by Gasteiger charge is 2.38. The Labute approximate surface area is 181 Å². The average molecular weight is 476 g/mol. The van der Waals surface area contributed by atoms with Crippen molar-refractivity contribution in [3.8, 4) is 5.75 Å². The number of ether oxygens (including phenoxy) is 1. The second-order valence-corrected chi connectivity index (χ2v) is 8.53. The highest BCUT2D eigenvalue weighted by atomic mass is 32.2. The molecule has 1 heterocycles. The van der Waals surface area contributed by atoms with Crippen LogP contribution in [0.4, 0.5) is 17.6 Å². The van der Waals surface area contributed by atoms with E-state index in [1.165, 1.54) is 22.3 Å². The van der Waals surface area contributed by atoms with Crippen LogP contribution in [0, 0.1) is 5.82 Å². The van der Waals surface area contributed by atoms with Crippen LogP contribution < -0.4 is 4.74 Å². The van der Waals surface area contributed by atoms with Crippen LogP contribution in [-0.4, -0.2) is 61.8 Å². The highest BCUT2D eigenvalue weighted by Crippen LogP contribution is 2.29. The number of alkyl halides is 3. The van der Waals surface area contributed by atoms with Crippen molar-refractivity contribution in [1.82, 2.24) is 8.87 Å². The van der Waals surface area contributed by atoms with Crippen molar-refractivity contribution >= 4 is 26.9 Å². The van der Waals surface area contributed by atoms with Crippen LogP contribution in [0.15, 0.2) is 59.6 Å². The summed E-state index contributed by atoms with van der Waals surface area (Å²) >= 11 is 0.